The molecule has 4 heteroatoms. The van der Waals surface area contributed by atoms with Gasteiger partial charge in [-0.3, -0.25) is 4.79 Å². The van der Waals surface area contributed by atoms with E-state index in [9.17, 15) is 4.79 Å². The van der Waals surface area contributed by atoms with Crippen molar-refractivity contribution in [3.8, 4) is 0 Å². The highest BCUT2D eigenvalue weighted by molar-refractivity contribution is 6.26. The van der Waals surface area contributed by atoms with Crippen LogP contribution in [0.1, 0.15) is 50.5 Å². The Morgan fingerprint density at radius 2 is 2.00 bits per heavy atom. The largest absolute Gasteiger partial charge is 0.458 e. The molecule has 1 aromatic carbocycles. The number of benzene rings is 1. The first-order valence-electron chi connectivity index (χ1n) is 8.59. The first-order valence-corrected chi connectivity index (χ1v) is 9.13. The Morgan fingerprint density at radius 1 is 1.17 bits per heavy atom. The molecule has 0 aliphatic heterocycles. The summed E-state index contributed by atoms with van der Waals surface area (Å²) in [5, 5.41) is 0. The molecule has 23 heavy (non-hydrogen) atoms. The summed E-state index contributed by atoms with van der Waals surface area (Å²) in [4.78, 5) is 11.5. The molecule has 0 unspecified atom stereocenters. The van der Waals surface area contributed by atoms with Crippen molar-refractivity contribution in [2.24, 2.45) is 5.41 Å². The van der Waals surface area contributed by atoms with E-state index in [4.69, 9.17) is 21.1 Å². The molecular formula is C19H25ClO3. The maximum Gasteiger partial charge on any atom is 0.321 e. The Balaban J connectivity index is 1.34. The third-order valence-electron chi connectivity index (χ3n) is 5.43. The molecule has 0 saturated heterocycles. The summed E-state index contributed by atoms with van der Waals surface area (Å²) in [5.74, 6) is -0.299. The fourth-order valence-corrected chi connectivity index (χ4v) is 4.25. The number of rotatable bonds is 9. The lowest BCUT2D eigenvalue weighted by Gasteiger charge is -2.18. The van der Waals surface area contributed by atoms with Gasteiger partial charge in [0.15, 0.2) is 0 Å². The van der Waals surface area contributed by atoms with Gasteiger partial charge in [0.2, 0.25) is 0 Å². The van der Waals surface area contributed by atoms with Crippen LogP contribution in [0.3, 0.4) is 0 Å². The Morgan fingerprint density at radius 3 is 2.78 bits per heavy atom. The maximum absolute atomic E-state index is 11.5. The van der Waals surface area contributed by atoms with E-state index in [-0.39, 0.29) is 22.9 Å². The number of hydrogen-bond acceptors (Lipinski definition) is 3. The zero-order valence-corrected chi connectivity index (χ0v) is 14.3. The van der Waals surface area contributed by atoms with Gasteiger partial charge in [0.25, 0.3) is 0 Å². The van der Waals surface area contributed by atoms with E-state index < -0.39 is 0 Å². The van der Waals surface area contributed by atoms with Gasteiger partial charge in [-0.2, -0.15) is 0 Å². The lowest BCUT2D eigenvalue weighted by molar-refractivity contribution is -0.149. The number of ether oxygens (including phenoxy) is 2. The molecule has 0 bridgehead atoms. The summed E-state index contributed by atoms with van der Waals surface area (Å²) in [6.07, 6.45) is 7.74. The number of unbranched alkanes of at least 4 members (excludes halogenated alkanes) is 1. The Labute approximate surface area is 143 Å². The molecule has 0 radical (unpaired) electrons. The van der Waals surface area contributed by atoms with Crippen LogP contribution in [-0.2, 0) is 20.9 Å². The molecule has 0 heterocycles. The topological polar surface area (TPSA) is 35.5 Å². The van der Waals surface area contributed by atoms with Gasteiger partial charge in [0, 0.05) is 12.0 Å². The second kappa shape index (κ2) is 7.23. The first kappa shape index (κ1) is 16.8. The van der Waals surface area contributed by atoms with Gasteiger partial charge in [0.1, 0.15) is 11.5 Å². The van der Waals surface area contributed by atoms with Crippen molar-refractivity contribution in [3.63, 3.8) is 0 Å². The molecule has 0 spiro atoms. The van der Waals surface area contributed by atoms with Gasteiger partial charge in [-0.05, 0) is 44.1 Å². The fourth-order valence-electron chi connectivity index (χ4n) is 4.20. The molecule has 0 N–H and O–H groups in total. The number of hydrogen-bond donors (Lipinski definition) is 0. The molecule has 2 fully saturated rings. The Hall–Kier alpha value is -1.06. The molecule has 0 aromatic heterocycles. The minimum Gasteiger partial charge on any atom is -0.458 e. The minimum atomic E-state index is -0.262. The van der Waals surface area contributed by atoms with E-state index in [1.165, 1.54) is 18.4 Å². The molecule has 1 aromatic rings. The molecule has 2 atom stereocenters. The van der Waals surface area contributed by atoms with Gasteiger partial charge in [-0.15, -0.1) is 11.6 Å². The highest BCUT2D eigenvalue weighted by atomic mass is 35.5. The summed E-state index contributed by atoms with van der Waals surface area (Å²) in [7, 11) is 0. The van der Waals surface area contributed by atoms with Crippen LogP contribution in [0, 0.1) is 5.41 Å². The number of esters is 1. The maximum atomic E-state index is 11.5. The van der Waals surface area contributed by atoms with Crippen LogP contribution in [0.4, 0.5) is 0 Å². The molecule has 2 saturated carbocycles. The van der Waals surface area contributed by atoms with Crippen LogP contribution in [0.5, 0.6) is 0 Å². The highest BCUT2D eigenvalue weighted by Crippen LogP contribution is 2.71. The van der Waals surface area contributed by atoms with Crippen LogP contribution in [-0.4, -0.2) is 24.1 Å². The van der Waals surface area contributed by atoms with E-state index in [0.29, 0.717) is 6.61 Å². The van der Waals surface area contributed by atoms with Gasteiger partial charge < -0.3 is 9.47 Å². The summed E-state index contributed by atoms with van der Waals surface area (Å²) < 4.78 is 11.4. The monoisotopic (exact) mass is 336 g/mol. The standard InChI is InChI=1S/C19H25ClO3/c20-13-17(21)23-19-11-6-10-18(19,15-19)9-4-5-12-22-14-16-7-2-1-3-8-16/h1-3,7-8H,4-6,9-15H2/t18-,19-/m1/s1. The first-order chi connectivity index (χ1) is 11.2. The van der Waals surface area contributed by atoms with Gasteiger partial charge in [-0.1, -0.05) is 36.8 Å². The molecule has 0 amide bonds. The molecular weight excluding hydrogens is 312 g/mol. The summed E-state index contributed by atoms with van der Waals surface area (Å²) in [6, 6.07) is 10.3. The van der Waals surface area contributed by atoms with E-state index in [1.54, 1.807) is 0 Å². The van der Waals surface area contributed by atoms with Crippen molar-refractivity contribution in [3.05, 3.63) is 35.9 Å². The number of halogens is 1. The quantitative estimate of drug-likeness (QED) is 0.379. The highest BCUT2D eigenvalue weighted by Gasteiger charge is 2.71. The van der Waals surface area contributed by atoms with Gasteiger partial charge >= 0.3 is 5.97 Å². The van der Waals surface area contributed by atoms with Crippen molar-refractivity contribution in [1.82, 2.24) is 0 Å². The summed E-state index contributed by atoms with van der Waals surface area (Å²) in [6.45, 7) is 1.47. The predicted molar refractivity (Wildman–Crippen MR) is 90.4 cm³/mol. The lowest BCUT2D eigenvalue weighted by Crippen LogP contribution is -2.24. The van der Waals surface area contributed by atoms with Gasteiger partial charge in [0.05, 0.1) is 6.61 Å². The summed E-state index contributed by atoms with van der Waals surface area (Å²) in [5.41, 5.74) is 1.29. The fraction of sp³-hybridized carbons (Fsp3) is 0.632. The third kappa shape index (κ3) is 3.72. The predicted octanol–water partition coefficient (Wildman–Crippen LogP) is 4.47. The molecule has 2 aliphatic rings. The molecule has 3 rings (SSSR count). The molecule has 2 aliphatic carbocycles. The number of carbonyl (C=O) groups excluding carboxylic acids is 1. The SMILES string of the molecule is O=C(CCl)O[C@@]12CCC[C@]1(CCCCOCc1ccccc1)C2. The smallest absolute Gasteiger partial charge is 0.321 e. The second-order valence-corrected chi connectivity index (χ2v) is 7.18. The van der Waals surface area contributed by atoms with Crippen molar-refractivity contribution in [1.29, 1.82) is 0 Å². The Kier molecular flexibility index (Phi) is 5.27. The normalized spacial score (nSPS) is 28.4. The van der Waals surface area contributed by atoms with Crippen molar-refractivity contribution < 1.29 is 14.3 Å². The van der Waals surface area contributed by atoms with Crippen molar-refractivity contribution >= 4 is 17.6 Å². The van der Waals surface area contributed by atoms with E-state index in [1.807, 2.05) is 18.2 Å². The van der Waals surface area contributed by atoms with Gasteiger partial charge in [-0.25, -0.2) is 0 Å². The van der Waals surface area contributed by atoms with E-state index >= 15 is 0 Å². The van der Waals surface area contributed by atoms with Crippen LogP contribution in [0.2, 0.25) is 0 Å². The lowest BCUT2D eigenvalue weighted by atomic mass is 9.95. The molecule has 3 nitrogen and oxygen atoms in total. The van der Waals surface area contributed by atoms with E-state index in [0.717, 1.165) is 38.7 Å². The zero-order valence-electron chi connectivity index (χ0n) is 13.6. The van der Waals surface area contributed by atoms with Crippen LogP contribution >= 0.6 is 11.6 Å². The second-order valence-electron chi connectivity index (χ2n) is 6.91. The number of fused-ring (bicyclic) bond motifs is 1. The van der Waals surface area contributed by atoms with Crippen molar-refractivity contribution in [2.75, 3.05) is 12.5 Å². The average molecular weight is 337 g/mol. The van der Waals surface area contributed by atoms with Crippen molar-refractivity contribution in [2.45, 2.75) is 57.2 Å². The molecule has 126 valence electrons. The Bertz CT molecular complexity index is 533. The zero-order chi connectivity index (χ0) is 16.2. The minimum absolute atomic E-state index is 0.0366. The number of alkyl halides is 1. The van der Waals surface area contributed by atoms with Crippen LogP contribution in [0.25, 0.3) is 0 Å². The number of carbonyl (C=O) groups is 1. The van der Waals surface area contributed by atoms with Crippen LogP contribution in [0.15, 0.2) is 30.3 Å². The van der Waals surface area contributed by atoms with E-state index in [2.05, 4.69) is 12.1 Å². The summed E-state index contributed by atoms with van der Waals surface area (Å²) >= 11 is 5.58. The average Bonchev–Trinajstić information content (AvgIpc) is 3.05. The van der Waals surface area contributed by atoms with Crippen LogP contribution < -0.4 is 0 Å². The third-order valence-corrected chi connectivity index (χ3v) is 5.64.